The van der Waals surface area contributed by atoms with Crippen LogP contribution in [0.1, 0.15) is 21.5 Å². The number of aryl methyl sites for hydroxylation is 1. The first-order chi connectivity index (χ1) is 16.3. The van der Waals surface area contributed by atoms with Gasteiger partial charge in [-0.05, 0) is 54.5 Å². The third kappa shape index (κ3) is 4.63. The number of methoxy groups -OCH3 is 2. The van der Waals surface area contributed by atoms with Crippen LogP contribution in [0.2, 0.25) is 5.02 Å². The van der Waals surface area contributed by atoms with Crippen LogP contribution >= 0.6 is 23.8 Å². The fourth-order valence-electron chi connectivity index (χ4n) is 3.38. The van der Waals surface area contributed by atoms with E-state index >= 15 is 0 Å². The highest BCUT2D eigenvalue weighted by Gasteiger charge is 2.17. The Bertz CT molecular complexity index is 1490. The van der Waals surface area contributed by atoms with E-state index in [1.54, 1.807) is 31.2 Å². The summed E-state index contributed by atoms with van der Waals surface area (Å²) in [7, 11) is 2.89. The Labute approximate surface area is 204 Å². The average Bonchev–Trinajstić information content (AvgIpc) is 2.83. The number of nitrogens with one attached hydrogen (secondary N) is 2. The predicted molar refractivity (Wildman–Crippen MR) is 131 cm³/mol. The molecule has 0 spiro atoms. The number of rotatable bonds is 6. The molecule has 0 radical (unpaired) electrons. The van der Waals surface area contributed by atoms with Crippen LogP contribution in [-0.2, 0) is 6.54 Å². The van der Waals surface area contributed by atoms with Gasteiger partial charge in [0.2, 0.25) is 17.7 Å². The second-order valence-corrected chi connectivity index (χ2v) is 8.17. The van der Waals surface area contributed by atoms with Crippen molar-refractivity contribution in [1.82, 2.24) is 24.8 Å². The summed E-state index contributed by atoms with van der Waals surface area (Å²) in [5, 5.41) is 3.83. The van der Waals surface area contributed by atoms with E-state index in [0.29, 0.717) is 33.6 Å². The third-order valence-corrected chi connectivity index (χ3v) is 5.68. The minimum atomic E-state index is -0.440. The summed E-state index contributed by atoms with van der Waals surface area (Å²) in [5.74, 6) is 0.157. The molecule has 2 aromatic carbocycles. The summed E-state index contributed by atoms with van der Waals surface area (Å²) in [6.07, 6.45) is 0. The van der Waals surface area contributed by atoms with Crippen molar-refractivity contribution in [2.75, 3.05) is 14.2 Å². The number of aromatic amines is 1. The smallest absolute Gasteiger partial charge is 0.269 e. The molecule has 2 N–H and O–H groups in total. The molecule has 4 aromatic rings. The molecule has 0 saturated carbocycles. The molecule has 0 aliphatic heterocycles. The van der Waals surface area contributed by atoms with Crippen LogP contribution < -0.4 is 20.3 Å². The zero-order valence-electron chi connectivity index (χ0n) is 18.5. The second-order valence-electron chi connectivity index (χ2n) is 7.35. The molecule has 0 bridgehead atoms. The minimum Gasteiger partial charge on any atom is -0.481 e. The molecule has 0 atom stereocenters. The maximum absolute atomic E-state index is 13.3. The highest BCUT2D eigenvalue weighted by atomic mass is 35.5. The van der Waals surface area contributed by atoms with Gasteiger partial charge < -0.3 is 19.8 Å². The minimum absolute atomic E-state index is 0.00628. The SMILES string of the molecule is COc1cc(OC)nc(-n2c(=S)[nH]c3cc(C(=O)NCc4ccc(Cl)cc4)c(C)cc3c2=O)n1. The van der Waals surface area contributed by atoms with Gasteiger partial charge in [-0.2, -0.15) is 9.97 Å². The van der Waals surface area contributed by atoms with Gasteiger partial charge in [0, 0.05) is 17.1 Å². The predicted octanol–water partition coefficient (Wildman–Crippen LogP) is 3.75. The monoisotopic (exact) mass is 497 g/mol. The van der Waals surface area contributed by atoms with Gasteiger partial charge in [0.05, 0.1) is 31.2 Å². The number of hydrogen-bond donors (Lipinski definition) is 2. The van der Waals surface area contributed by atoms with Crippen molar-refractivity contribution >= 4 is 40.6 Å². The van der Waals surface area contributed by atoms with E-state index in [0.717, 1.165) is 10.1 Å². The van der Waals surface area contributed by atoms with E-state index in [9.17, 15) is 9.59 Å². The van der Waals surface area contributed by atoms with Crippen LogP contribution in [0.5, 0.6) is 11.8 Å². The molecule has 2 aromatic heterocycles. The van der Waals surface area contributed by atoms with Crippen LogP contribution in [-0.4, -0.2) is 39.6 Å². The number of ether oxygens (including phenoxy) is 2. The van der Waals surface area contributed by atoms with E-state index in [2.05, 4.69) is 20.3 Å². The number of nitrogens with zero attached hydrogens (tertiary/aromatic N) is 3. The Morgan fingerprint density at radius 2 is 1.76 bits per heavy atom. The molecule has 0 saturated heterocycles. The Morgan fingerprint density at radius 3 is 2.38 bits per heavy atom. The van der Waals surface area contributed by atoms with Gasteiger partial charge in [0.1, 0.15) is 0 Å². The van der Waals surface area contributed by atoms with E-state index in [1.165, 1.54) is 20.3 Å². The topological polar surface area (TPSA) is 111 Å². The molecule has 2 heterocycles. The summed E-state index contributed by atoms with van der Waals surface area (Å²) < 4.78 is 11.5. The number of amides is 1. The van der Waals surface area contributed by atoms with Crippen molar-refractivity contribution in [1.29, 1.82) is 0 Å². The molecule has 174 valence electrons. The summed E-state index contributed by atoms with van der Waals surface area (Å²) in [5.41, 5.74) is 1.93. The lowest BCUT2D eigenvalue weighted by atomic mass is 10.0. The van der Waals surface area contributed by atoms with Crippen molar-refractivity contribution in [3.8, 4) is 17.7 Å². The number of carbonyl (C=O) groups excluding carboxylic acids is 1. The van der Waals surface area contributed by atoms with Gasteiger partial charge in [-0.15, -0.1) is 0 Å². The Morgan fingerprint density at radius 1 is 1.12 bits per heavy atom. The fraction of sp³-hybridized carbons (Fsp3) is 0.174. The molecule has 4 rings (SSSR count). The Kier molecular flexibility index (Phi) is 6.62. The first-order valence-corrected chi connectivity index (χ1v) is 10.9. The largest absolute Gasteiger partial charge is 0.481 e. The first kappa shape index (κ1) is 23.4. The molecule has 0 aliphatic rings. The molecule has 0 aliphatic carbocycles. The van der Waals surface area contributed by atoms with Crippen LogP contribution in [0.25, 0.3) is 16.9 Å². The zero-order valence-corrected chi connectivity index (χ0v) is 20.1. The van der Waals surface area contributed by atoms with Gasteiger partial charge >= 0.3 is 0 Å². The van der Waals surface area contributed by atoms with Crippen molar-refractivity contribution in [2.45, 2.75) is 13.5 Å². The number of fused-ring (bicyclic) bond motifs is 1. The van der Waals surface area contributed by atoms with Crippen LogP contribution in [0.15, 0.2) is 47.3 Å². The summed E-state index contributed by atoms with van der Waals surface area (Å²) in [6, 6.07) is 11.9. The lowest BCUT2D eigenvalue weighted by Gasteiger charge is -2.12. The van der Waals surface area contributed by atoms with Gasteiger partial charge in [-0.1, -0.05) is 23.7 Å². The summed E-state index contributed by atoms with van der Waals surface area (Å²) in [4.78, 5) is 37.6. The maximum Gasteiger partial charge on any atom is 0.269 e. The first-order valence-electron chi connectivity index (χ1n) is 10.1. The Hall–Kier alpha value is -3.76. The fourth-order valence-corrected chi connectivity index (χ4v) is 3.78. The van der Waals surface area contributed by atoms with E-state index in [-0.39, 0.29) is 28.4 Å². The molecule has 11 heteroatoms. The van der Waals surface area contributed by atoms with Crippen LogP contribution in [0, 0.1) is 11.7 Å². The molecule has 1 amide bonds. The average molecular weight is 498 g/mol. The molecule has 0 fully saturated rings. The number of benzene rings is 2. The van der Waals surface area contributed by atoms with E-state index < -0.39 is 5.56 Å². The van der Waals surface area contributed by atoms with Gasteiger partial charge in [0.25, 0.3) is 11.5 Å². The molecule has 34 heavy (non-hydrogen) atoms. The van der Waals surface area contributed by atoms with Crippen molar-refractivity contribution < 1.29 is 14.3 Å². The molecular weight excluding hydrogens is 478 g/mol. The standard InChI is InChI=1S/C23H20ClN5O4S/c1-12-8-16-17(9-15(12)20(30)25-11-13-4-6-14(24)7-5-13)26-23(34)29(21(16)31)22-27-18(32-2)10-19(28-22)33-3/h4-10H,11H2,1-3H3,(H,25,30)(H,26,34). The molecular formula is C23H20ClN5O4S. The molecule has 9 nitrogen and oxygen atoms in total. The highest BCUT2D eigenvalue weighted by molar-refractivity contribution is 7.71. The van der Waals surface area contributed by atoms with Gasteiger partial charge in [-0.3, -0.25) is 9.59 Å². The van der Waals surface area contributed by atoms with E-state index in [4.69, 9.17) is 33.3 Å². The zero-order chi connectivity index (χ0) is 24.4. The summed E-state index contributed by atoms with van der Waals surface area (Å²) >= 11 is 11.3. The number of hydrogen-bond acceptors (Lipinski definition) is 7. The highest BCUT2D eigenvalue weighted by Crippen LogP contribution is 2.19. The number of halogens is 1. The molecule has 0 unspecified atom stereocenters. The van der Waals surface area contributed by atoms with Crippen molar-refractivity contribution in [3.63, 3.8) is 0 Å². The van der Waals surface area contributed by atoms with Crippen LogP contribution in [0.4, 0.5) is 0 Å². The number of aromatic nitrogens is 4. The van der Waals surface area contributed by atoms with Crippen LogP contribution in [0.3, 0.4) is 0 Å². The lowest BCUT2D eigenvalue weighted by Crippen LogP contribution is -2.25. The second kappa shape index (κ2) is 9.62. The third-order valence-electron chi connectivity index (χ3n) is 5.14. The lowest BCUT2D eigenvalue weighted by molar-refractivity contribution is 0.0950. The quantitative estimate of drug-likeness (QED) is 0.390. The Balaban J connectivity index is 1.73. The van der Waals surface area contributed by atoms with Gasteiger partial charge in [-0.25, -0.2) is 4.57 Å². The maximum atomic E-state index is 13.3. The number of H-pyrrole nitrogens is 1. The summed E-state index contributed by atoms with van der Waals surface area (Å²) in [6.45, 7) is 2.09. The normalized spacial score (nSPS) is 10.8. The van der Waals surface area contributed by atoms with Gasteiger partial charge in [0.15, 0.2) is 4.77 Å². The van der Waals surface area contributed by atoms with Crippen molar-refractivity contribution in [2.24, 2.45) is 0 Å². The van der Waals surface area contributed by atoms with Crippen molar-refractivity contribution in [3.05, 3.63) is 79.3 Å². The van der Waals surface area contributed by atoms with E-state index in [1.807, 2.05) is 12.1 Å². The number of carbonyl (C=O) groups is 1.